The second-order valence-corrected chi connectivity index (χ2v) is 8.37. The van der Waals surface area contributed by atoms with E-state index in [-0.39, 0.29) is 0 Å². The average molecular weight is 398 g/mol. The van der Waals surface area contributed by atoms with Crippen LogP contribution >= 0.6 is 0 Å². The zero-order chi connectivity index (χ0) is 20.8. The lowest BCUT2D eigenvalue weighted by Crippen LogP contribution is -2.47. The normalized spacial score (nSPS) is 18.5. The first-order valence-electron chi connectivity index (χ1n) is 11.6. The van der Waals surface area contributed by atoms with Crippen LogP contribution in [0, 0.1) is 5.92 Å². The second-order valence-electron chi connectivity index (χ2n) is 8.37. The monoisotopic (exact) mass is 397 g/mol. The van der Waals surface area contributed by atoms with Gasteiger partial charge in [-0.25, -0.2) is 0 Å². The predicted molar refractivity (Wildman–Crippen MR) is 121 cm³/mol. The van der Waals surface area contributed by atoms with Gasteiger partial charge >= 0.3 is 0 Å². The molecule has 1 aliphatic heterocycles. The van der Waals surface area contributed by atoms with Crippen molar-refractivity contribution in [3.05, 3.63) is 0 Å². The van der Waals surface area contributed by atoms with Crippen molar-refractivity contribution in [2.45, 2.75) is 72.9 Å². The third-order valence-corrected chi connectivity index (χ3v) is 5.50. The van der Waals surface area contributed by atoms with Gasteiger partial charge in [0.2, 0.25) is 0 Å². The number of aliphatic imine (C=N–C) groups is 1. The molecule has 0 aliphatic carbocycles. The Labute approximate surface area is 174 Å². The Hall–Kier alpha value is -0.850. The molecular weight excluding hydrogens is 350 g/mol. The van der Waals surface area contributed by atoms with Gasteiger partial charge in [0, 0.05) is 31.7 Å². The largest absolute Gasteiger partial charge is 0.379 e. The summed E-state index contributed by atoms with van der Waals surface area (Å²) in [6.07, 6.45) is 3.57. The number of ether oxygens (including phenoxy) is 1. The molecule has 1 fully saturated rings. The third kappa shape index (κ3) is 10.6. The molecule has 0 saturated carbocycles. The van der Waals surface area contributed by atoms with Crippen LogP contribution in [0.3, 0.4) is 0 Å². The minimum atomic E-state index is 0.431. The van der Waals surface area contributed by atoms with Crippen LogP contribution in [0.2, 0.25) is 0 Å². The molecule has 0 aromatic heterocycles. The summed E-state index contributed by atoms with van der Waals surface area (Å²) in [5.41, 5.74) is 0. The van der Waals surface area contributed by atoms with Crippen LogP contribution in [0.15, 0.2) is 4.99 Å². The maximum Gasteiger partial charge on any atom is 0.191 e. The maximum atomic E-state index is 5.54. The van der Waals surface area contributed by atoms with E-state index in [1.54, 1.807) is 0 Å². The minimum absolute atomic E-state index is 0.431. The lowest BCUT2D eigenvalue weighted by atomic mass is 10.0. The van der Waals surface area contributed by atoms with E-state index in [1.807, 2.05) is 0 Å². The van der Waals surface area contributed by atoms with Gasteiger partial charge < -0.3 is 20.3 Å². The fourth-order valence-corrected chi connectivity index (χ4v) is 3.81. The van der Waals surface area contributed by atoms with Gasteiger partial charge in [-0.05, 0) is 58.7 Å². The molecule has 6 nitrogen and oxygen atoms in total. The van der Waals surface area contributed by atoms with Gasteiger partial charge in [0.1, 0.15) is 0 Å². The molecule has 6 heteroatoms. The molecule has 0 spiro atoms. The van der Waals surface area contributed by atoms with Gasteiger partial charge in [-0.1, -0.05) is 27.7 Å². The average Bonchev–Trinajstić information content (AvgIpc) is 2.69. The van der Waals surface area contributed by atoms with E-state index in [0.717, 1.165) is 58.4 Å². The molecule has 2 atom stereocenters. The van der Waals surface area contributed by atoms with E-state index in [0.29, 0.717) is 18.0 Å². The Kier molecular flexibility index (Phi) is 13.5. The highest BCUT2D eigenvalue weighted by atomic mass is 16.5. The summed E-state index contributed by atoms with van der Waals surface area (Å²) in [6.45, 7) is 22.4. The van der Waals surface area contributed by atoms with Gasteiger partial charge in [0.25, 0.3) is 0 Å². The van der Waals surface area contributed by atoms with Crippen LogP contribution in [0.1, 0.15) is 60.8 Å². The van der Waals surface area contributed by atoms with Crippen molar-refractivity contribution in [3.8, 4) is 0 Å². The van der Waals surface area contributed by atoms with Crippen LogP contribution in [0.5, 0.6) is 0 Å². The molecule has 2 unspecified atom stereocenters. The minimum Gasteiger partial charge on any atom is -0.379 e. The van der Waals surface area contributed by atoms with E-state index >= 15 is 0 Å². The Balaban J connectivity index is 2.56. The summed E-state index contributed by atoms with van der Waals surface area (Å²) >= 11 is 0. The number of hydrogen-bond acceptors (Lipinski definition) is 4. The first kappa shape index (κ1) is 25.2. The summed E-state index contributed by atoms with van der Waals surface area (Å²) in [7, 11) is 0. The quantitative estimate of drug-likeness (QED) is 0.370. The molecule has 0 radical (unpaired) electrons. The van der Waals surface area contributed by atoms with Crippen molar-refractivity contribution >= 4 is 5.96 Å². The zero-order valence-corrected chi connectivity index (χ0v) is 19.5. The van der Waals surface area contributed by atoms with Crippen LogP contribution < -0.4 is 10.6 Å². The van der Waals surface area contributed by atoms with Crippen molar-refractivity contribution in [1.82, 2.24) is 20.4 Å². The van der Waals surface area contributed by atoms with Crippen molar-refractivity contribution < 1.29 is 4.74 Å². The highest BCUT2D eigenvalue weighted by Crippen LogP contribution is 2.14. The summed E-state index contributed by atoms with van der Waals surface area (Å²) in [4.78, 5) is 10.0. The molecule has 0 aromatic carbocycles. The van der Waals surface area contributed by atoms with Gasteiger partial charge in [-0.3, -0.25) is 9.89 Å². The van der Waals surface area contributed by atoms with Gasteiger partial charge in [-0.15, -0.1) is 0 Å². The zero-order valence-electron chi connectivity index (χ0n) is 19.5. The fourth-order valence-electron chi connectivity index (χ4n) is 3.81. The van der Waals surface area contributed by atoms with Crippen LogP contribution in [-0.4, -0.2) is 86.9 Å². The van der Waals surface area contributed by atoms with E-state index < -0.39 is 0 Å². The first-order valence-corrected chi connectivity index (χ1v) is 11.6. The molecule has 2 N–H and O–H groups in total. The van der Waals surface area contributed by atoms with E-state index in [4.69, 9.17) is 9.73 Å². The molecule has 1 rings (SSSR count). The number of hydrogen-bond donors (Lipinski definition) is 2. The second kappa shape index (κ2) is 15.1. The Morgan fingerprint density at radius 3 is 2.36 bits per heavy atom. The van der Waals surface area contributed by atoms with Crippen molar-refractivity contribution in [1.29, 1.82) is 0 Å². The van der Waals surface area contributed by atoms with Crippen molar-refractivity contribution in [2.75, 3.05) is 59.0 Å². The Morgan fingerprint density at radius 2 is 1.79 bits per heavy atom. The Bertz CT molecular complexity index is 406. The topological polar surface area (TPSA) is 52.1 Å². The Morgan fingerprint density at radius 1 is 1.11 bits per heavy atom. The van der Waals surface area contributed by atoms with Gasteiger partial charge in [0.15, 0.2) is 5.96 Å². The highest BCUT2D eigenvalue weighted by molar-refractivity contribution is 5.80. The predicted octanol–water partition coefficient (Wildman–Crippen LogP) is 2.80. The number of nitrogens with zero attached hydrogens (tertiary/aromatic N) is 3. The molecular formula is C22H47N5O. The van der Waals surface area contributed by atoms with E-state index in [9.17, 15) is 0 Å². The number of nitrogens with one attached hydrogen (secondary N) is 2. The third-order valence-electron chi connectivity index (χ3n) is 5.50. The molecule has 0 bridgehead atoms. The molecule has 0 aromatic rings. The van der Waals surface area contributed by atoms with Crippen LogP contribution in [-0.2, 0) is 4.74 Å². The van der Waals surface area contributed by atoms with Crippen LogP contribution in [0.4, 0.5) is 0 Å². The summed E-state index contributed by atoms with van der Waals surface area (Å²) < 4.78 is 5.54. The molecule has 1 saturated heterocycles. The SMILES string of the molecule is CCNC(=NCC(CC(C)C)N1CCOCC1)NC(C)CCCN(CC)CC. The molecule has 166 valence electrons. The molecule has 0 amide bonds. The lowest BCUT2D eigenvalue weighted by Gasteiger charge is -2.34. The highest BCUT2D eigenvalue weighted by Gasteiger charge is 2.22. The number of rotatable bonds is 13. The first-order chi connectivity index (χ1) is 13.5. The molecule has 1 heterocycles. The molecule has 28 heavy (non-hydrogen) atoms. The van der Waals surface area contributed by atoms with Crippen molar-refractivity contribution in [3.63, 3.8) is 0 Å². The van der Waals surface area contributed by atoms with Crippen molar-refractivity contribution in [2.24, 2.45) is 10.9 Å². The molecule has 1 aliphatic rings. The van der Waals surface area contributed by atoms with E-state index in [2.05, 4.69) is 62.0 Å². The number of morpholine rings is 1. The summed E-state index contributed by atoms with van der Waals surface area (Å²) in [5, 5.41) is 7.05. The fraction of sp³-hybridized carbons (Fsp3) is 0.955. The van der Waals surface area contributed by atoms with Gasteiger partial charge in [-0.2, -0.15) is 0 Å². The summed E-state index contributed by atoms with van der Waals surface area (Å²) in [5.74, 6) is 1.64. The van der Waals surface area contributed by atoms with Crippen LogP contribution in [0.25, 0.3) is 0 Å². The smallest absolute Gasteiger partial charge is 0.191 e. The lowest BCUT2D eigenvalue weighted by molar-refractivity contribution is 0.0143. The summed E-state index contributed by atoms with van der Waals surface area (Å²) in [6, 6.07) is 0.928. The standard InChI is InChI=1S/C22H47N5O/c1-7-23-22(25-20(6)11-10-12-26(8-2)9-3)24-18-21(17-19(4)5)27-13-15-28-16-14-27/h19-21H,7-18H2,1-6H3,(H2,23,24,25). The number of guanidine groups is 1. The van der Waals surface area contributed by atoms with E-state index in [1.165, 1.54) is 25.8 Å². The maximum absolute atomic E-state index is 5.54. The van der Waals surface area contributed by atoms with Gasteiger partial charge in [0.05, 0.1) is 19.8 Å².